The highest BCUT2D eigenvalue weighted by Gasteiger charge is 2.32. The highest BCUT2D eigenvalue weighted by molar-refractivity contribution is 9.10. The van der Waals surface area contributed by atoms with Crippen molar-refractivity contribution in [2.24, 2.45) is 0 Å². The normalized spacial score (nSPS) is 11.7. The zero-order valence-corrected chi connectivity index (χ0v) is 23.3. The molecule has 35 heavy (non-hydrogen) atoms. The van der Waals surface area contributed by atoms with Crippen LogP contribution in [0.3, 0.4) is 0 Å². The molecule has 0 unspecified atom stereocenters. The maximum Gasteiger partial charge on any atom is 0.278 e. The van der Waals surface area contributed by atoms with Crippen LogP contribution in [0.15, 0.2) is 70.0 Å². The van der Waals surface area contributed by atoms with Crippen LogP contribution in [0.4, 0.5) is 5.69 Å². The summed E-state index contributed by atoms with van der Waals surface area (Å²) in [6.07, 6.45) is 0. The van der Waals surface area contributed by atoms with Gasteiger partial charge in [0.2, 0.25) is 0 Å². The molecule has 0 radical (unpaired) electrons. The number of anilines is 1. The molecule has 0 saturated carbocycles. The van der Waals surface area contributed by atoms with Crippen LogP contribution < -0.4 is 13.8 Å². The first-order chi connectivity index (χ1) is 16.3. The summed E-state index contributed by atoms with van der Waals surface area (Å²) in [4.78, 5) is 13.4. The Morgan fingerprint density at radius 2 is 1.63 bits per heavy atom. The van der Waals surface area contributed by atoms with Crippen molar-refractivity contribution in [3.05, 3.63) is 81.3 Å². The van der Waals surface area contributed by atoms with Gasteiger partial charge in [-0.1, -0.05) is 66.0 Å². The van der Waals surface area contributed by atoms with Gasteiger partial charge < -0.3 is 9.47 Å². The van der Waals surface area contributed by atoms with Crippen molar-refractivity contribution in [1.82, 2.24) is 0 Å². The Kier molecular flexibility index (Phi) is 8.19. The molecular formula is C26H27BrClNO5S. The summed E-state index contributed by atoms with van der Waals surface area (Å²) in [5.41, 5.74) is 1.58. The van der Waals surface area contributed by atoms with E-state index < -0.39 is 22.5 Å². The van der Waals surface area contributed by atoms with E-state index in [4.69, 9.17) is 21.1 Å². The van der Waals surface area contributed by atoms with Crippen molar-refractivity contribution in [3.8, 4) is 11.5 Å². The van der Waals surface area contributed by atoms with Gasteiger partial charge in [-0.25, -0.2) is 8.42 Å². The number of amides is 1. The Hall–Kier alpha value is -2.55. The summed E-state index contributed by atoms with van der Waals surface area (Å²) in [5, 5.41) is 0.172. The fourth-order valence-corrected chi connectivity index (χ4v) is 5.44. The molecule has 0 bridgehead atoms. The summed E-state index contributed by atoms with van der Waals surface area (Å²) >= 11 is 9.73. The second kappa shape index (κ2) is 10.6. The van der Waals surface area contributed by atoms with Gasteiger partial charge in [0.1, 0.15) is 11.5 Å². The molecule has 6 nitrogen and oxygen atoms in total. The van der Waals surface area contributed by atoms with Gasteiger partial charge in [0.15, 0.2) is 6.61 Å². The average Bonchev–Trinajstić information content (AvgIpc) is 2.78. The Morgan fingerprint density at radius 1 is 1.00 bits per heavy atom. The monoisotopic (exact) mass is 579 g/mol. The fourth-order valence-electron chi connectivity index (χ4n) is 3.43. The molecule has 0 aliphatic heterocycles. The average molecular weight is 581 g/mol. The number of ether oxygens (including phenoxy) is 2. The highest BCUT2D eigenvalue weighted by atomic mass is 79.9. The van der Waals surface area contributed by atoms with E-state index in [1.54, 1.807) is 24.3 Å². The second-order valence-electron chi connectivity index (χ2n) is 8.97. The number of rotatable bonds is 7. The maximum absolute atomic E-state index is 13.6. The topological polar surface area (TPSA) is 72.9 Å². The Labute approximate surface area is 220 Å². The van der Waals surface area contributed by atoms with E-state index in [1.807, 2.05) is 33.8 Å². The molecular weight excluding hydrogens is 554 g/mol. The summed E-state index contributed by atoms with van der Waals surface area (Å²) in [6, 6.07) is 16.1. The van der Waals surface area contributed by atoms with Crippen LogP contribution in [-0.2, 0) is 20.2 Å². The Balaban J connectivity index is 2.02. The van der Waals surface area contributed by atoms with Crippen LogP contribution in [0.5, 0.6) is 11.5 Å². The lowest BCUT2D eigenvalue weighted by Gasteiger charge is -2.25. The number of hydrogen-bond acceptors (Lipinski definition) is 5. The van der Waals surface area contributed by atoms with Crippen LogP contribution in [0, 0.1) is 6.92 Å². The first kappa shape index (κ1) is 27.0. The molecule has 0 aliphatic rings. The third kappa shape index (κ3) is 6.18. The maximum atomic E-state index is 13.6. The molecule has 3 aromatic rings. The minimum absolute atomic E-state index is 0.0255. The summed E-state index contributed by atoms with van der Waals surface area (Å²) in [5.74, 6) is 0.0839. The van der Waals surface area contributed by atoms with Gasteiger partial charge in [-0.05, 0) is 60.9 Å². The van der Waals surface area contributed by atoms with Gasteiger partial charge in [0.05, 0.1) is 22.7 Å². The van der Waals surface area contributed by atoms with E-state index in [0.717, 1.165) is 19.9 Å². The molecule has 0 aromatic heterocycles. The van der Waals surface area contributed by atoms with Crippen molar-refractivity contribution >= 4 is 49.1 Å². The number of carbonyl (C=O) groups is 1. The molecule has 0 N–H and O–H groups in total. The molecule has 0 saturated heterocycles. The molecule has 0 spiro atoms. The number of halogens is 2. The van der Waals surface area contributed by atoms with Crippen molar-refractivity contribution < 1.29 is 22.7 Å². The summed E-state index contributed by atoms with van der Waals surface area (Å²) < 4.78 is 39.8. The van der Waals surface area contributed by atoms with Crippen LogP contribution in [-0.4, -0.2) is 28.0 Å². The molecule has 3 rings (SSSR count). The molecule has 186 valence electrons. The SMILES string of the molecule is COc1ccc(N(C(=O)COc2ccc(Br)cc2C(C)(C)C)S(=O)(=O)c2ccc(C)cc2)cc1Cl. The lowest BCUT2D eigenvalue weighted by atomic mass is 9.86. The third-order valence-electron chi connectivity index (χ3n) is 5.26. The third-order valence-corrected chi connectivity index (χ3v) is 7.81. The summed E-state index contributed by atoms with van der Waals surface area (Å²) in [6.45, 7) is 7.42. The first-order valence-corrected chi connectivity index (χ1v) is 13.4. The molecule has 0 fully saturated rings. The molecule has 1 amide bonds. The molecule has 0 atom stereocenters. The van der Waals surface area contributed by atoms with Crippen LogP contribution in [0.1, 0.15) is 31.9 Å². The smallest absolute Gasteiger partial charge is 0.278 e. The largest absolute Gasteiger partial charge is 0.495 e. The standard InChI is InChI=1S/C26H27BrClNO5S/c1-17-6-10-20(11-7-17)35(31,32)29(19-9-13-24(33-5)22(28)15-19)25(30)16-34-23-12-8-18(27)14-21(23)26(2,3)4/h6-15H,16H2,1-5H3. The number of aryl methyl sites for hydroxylation is 1. The number of nitrogens with zero attached hydrogens (tertiary/aromatic N) is 1. The van der Waals surface area contributed by atoms with Crippen molar-refractivity contribution in [2.45, 2.75) is 38.0 Å². The van der Waals surface area contributed by atoms with E-state index in [9.17, 15) is 13.2 Å². The number of carbonyl (C=O) groups excluding carboxylic acids is 1. The molecule has 0 heterocycles. The van der Waals surface area contributed by atoms with E-state index in [-0.39, 0.29) is 21.0 Å². The fraction of sp³-hybridized carbons (Fsp3) is 0.269. The van der Waals surface area contributed by atoms with Crippen LogP contribution in [0.2, 0.25) is 5.02 Å². The van der Waals surface area contributed by atoms with Crippen LogP contribution >= 0.6 is 27.5 Å². The van der Waals surface area contributed by atoms with Crippen molar-refractivity contribution in [2.75, 3.05) is 18.0 Å². The quantitative estimate of drug-likeness (QED) is 0.318. The van der Waals surface area contributed by atoms with Gasteiger partial charge >= 0.3 is 0 Å². The van der Waals surface area contributed by atoms with Gasteiger partial charge in [-0.15, -0.1) is 0 Å². The zero-order chi connectivity index (χ0) is 26.0. The minimum Gasteiger partial charge on any atom is -0.495 e. The number of benzene rings is 3. The Morgan fingerprint density at radius 3 is 2.20 bits per heavy atom. The van der Waals surface area contributed by atoms with E-state index in [1.165, 1.54) is 37.4 Å². The number of hydrogen-bond donors (Lipinski definition) is 0. The van der Waals surface area contributed by atoms with Gasteiger partial charge in [-0.2, -0.15) is 4.31 Å². The Bertz CT molecular complexity index is 1330. The first-order valence-electron chi connectivity index (χ1n) is 10.8. The molecule has 3 aromatic carbocycles. The summed E-state index contributed by atoms with van der Waals surface area (Å²) in [7, 11) is -2.81. The lowest BCUT2D eigenvalue weighted by molar-refractivity contribution is -0.119. The highest BCUT2D eigenvalue weighted by Crippen LogP contribution is 2.35. The minimum atomic E-state index is -4.26. The second-order valence-corrected chi connectivity index (χ2v) is 12.1. The van der Waals surface area contributed by atoms with Gasteiger partial charge in [0, 0.05) is 10.0 Å². The van der Waals surface area contributed by atoms with Crippen molar-refractivity contribution in [1.29, 1.82) is 0 Å². The zero-order valence-electron chi connectivity index (χ0n) is 20.1. The lowest BCUT2D eigenvalue weighted by Crippen LogP contribution is -2.40. The van der Waals surface area contributed by atoms with Gasteiger partial charge in [0.25, 0.3) is 15.9 Å². The van der Waals surface area contributed by atoms with Crippen LogP contribution in [0.25, 0.3) is 0 Å². The van der Waals surface area contributed by atoms with E-state index >= 15 is 0 Å². The predicted octanol–water partition coefficient (Wildman–Crippen LogP) is 6.52. The number of sulfonamides is 1. The predicted molar refractivity (Wildman–Crippen MR) is 142 cm³/mol. The molecule has 9 heteroatoms. The number of methoxy groups -OCH3 is 1. The van der Waals surface area contributed by atoms with Gasteiger partial charge in [-0.3, -0.25) is 4.79 Å². The van der Waals surface area contributed by atoms with E-state index in [0.29, 0.717) is 11.5 Å². The molecule has 0 aliphatic carbocycles. The van der Waals surface area contributed by atoms with E-state index in [2.05, 4.69) is 15.9 Å². The van der Waals surface area contributed by atoms with Crippen molar-refractivity contribution in [3.63, 3.8) is 0 Å².